The third kappa shape index (κ3) is 4.60. The van der Waals surface area contributed by atoms with Crippen LogP contribution >= 0.6 is 46.6 Å². The smallest absolute Gasteiger partial charge is 0.234 e. The first kappa shape index (κ1) is 20.9. The zero-order valence-corrected chi connectivity index (χ0v) is 17.6. The van der Waals surface area contributed by atoms with E-state index in [1.807, 2.05) is 6.92 Å². The summed E-state index contributed by atoms with van der Waals surface area (Å²) in [6.07, 6.45) is 0. The number of carbonyl (C=O) groups is 1. The number of aromatic nitrogens is 3. The Morgan fingerprint density at radius 1 is 1.18 bits per heavy atom. The first-order chi connectivity index (χ1) is 13.4. The summed E-state index contributed by atoms with van der Waals surface area (Å²) in [4.78, 5) is 12.3. The van der Waals surface area contributed by atoms with E-state index in [4.69, 9.17) is 34.8 Å². The molecule has 3 aromatic rings. The van der Waals surface area contributed by atoms with Crippen LogP contribution in [0.25, 0.3) is 11.4 Å². The maximum absolute atomic E-state index is 14.1. The van der Waals surface area contributed by atoms with E-state index < -0.39 is 0 Å². The van der Waals surface area contributed by atoms with Gasteiger partial charge in [0.25, 0.3) is 0 Å². The van der Waals surface area contributed by atoms with Crippen molar-refractivity contribution in [2.75, 3.05) is 11.1 Å². The third-order valence-electron chi connectivity index (χ3n) is 3.75. The lowest BCUT2D eigenvalue weighted by Gasteiger charge is -2.10. The van der Waals surface area contributed by atoms with Crippen LogP contribution < -0.4 is 5.32 Å². The van der Waals surface area contributed by atoms with Gasteiger partial charge in [-0.2, -0.15) is 0 Å². The molecule has 0 saturated carbocycles. The van der Waals surface area contributed by atoms with E-state index in [9.17, 15) is 9.18 Å². The summed E-state index contributed by atoms with van der Waals surface area (Å²) < 4.78 is 15.8. The molecule has 3 rings (SSSR count). The van der Waals surface area contributed by atoms with Gasteiger partial charge in [-0.3, -0.25) is 4.79 Å². The second-order valence-electron chi connectivity index (χ2n) is 5.61. The minimum absolute atomic E-state index is 0.0463. The fourth-order valence-electron chi connectivity index (χ4n) is 2.49. The first-order valence-electron chi connectivity index (χ1n) is 8.16. The molecule has 1 N–H and O–H groups in total. The molecular weight excluding hydrogens is 446 g/mol. The molecule has 1 aromatic heterocycles. The zero-order chi connectivity index (χ0) is 20.3. The SMILES string of the molecule is CCn1c(SCC(=O)Nc2c(Cl)cc(Cl)cc2Cl)nnc1-c1ccccc1F. The highest BCUT2D eigenvalue weighted by molar-refractivity contribution is 7.99. The van der Waals surface area contributed by atoms with E-state index in [0.717, 1.165) is 0 Å². The molecule has 0 spiro atoms. The van der Waals surface area contributed by atoms with Crippen LogP contribution in [-0.2, 0) is 11.3 Å². The molecule has 0 bridgehead atoms. The summed E-state index contributed by atoms with van der Waals surface area (Å²) >= 11 is 19.2. The van der Waals surface area contributed by atoms with Crippen LogP contribution in [0.3, 0.4) is 0 Å². The van der Waals surface area contributed by atoms with Crippen LogP contribution in [0.5, 0.6) is 0 Å². The van der Waals surface area contributed by atoms with Crippen LogP contribution in [0.1, 0.15) is 6.92 Å². The van der Waals surface area contributed by atoms with Gasteiger partial charge in [-0.1, -0.05) is 58.7 Å². The van der Waals surface area contributed by atoms with Crippen molar-refractivity contribution in [2.45, 2.75) is 18.6 Å². The molecule has 2 aromatic carbocycles. The van der Waals surface area contributed by atoms with Gasteiger partial charge in [-0.05, 0) is 31.2 Å². The number of halogens is 4. The van der Waals surface area contributed by atoms with Crippen molar-refractivity contribution in [3.05, 3.63) is 57.3 Å². The van der Waals surface area contributed by atoms with Crippen molar-refractivity contribution in [3.63, 3.8) is 0 Å². The molecule has 1 amide bonds. The van der Waals surface area contributed by atoms with Crippen LogP contribution in [0.15, 0.2) is 41.6 Å². The molecule has 28 heavy (non-hydrogen) atoms. The molecule has 10 heteroatoms. The molecule has 0 aliphatic rings. The summed E-state index contributed by atoms with van der Waals surface area (Å²) in [7, 11) is 0. The topological polar surface area (TPSA) is 59.8 Å². The average molecular weight is 460 g/mol. The number of benzene rings is 2. The monoisotopic (exact) mass is 458 g/mol. The Kier molecular flexibility index (Phi) is 6.82. The second-order valence-corrected chi connectivity index (χ2v) is 7.80. The minimum Gasteiger partial charge on any atom is -0.323 e. The fraction of sp³-hybridized carbons (Fsp3) is 0.167. The number of hydrogen-bond acceptors (Lipinski definition) is 4. The molecule has 0 radical (unpaired) electrons. The molecule has 0 aliphatic heterocycles. The Labute approximate surface area is 180 Å². The Balaban J connectivity index is 1.73. The quantitative estimate of drug-likeness (QED) is 0.474. The van der Waals surface area contributed by atoms with Crippen molar-refractivity contribution in [3.8, 4) is 11.4 Å². The highest BCUT2D eigenvalue weighted by atomic mass is 35.5. The molecule has 0 aliphatic carbocycles. The van der Waals surface area contributed by atoms with Gasteiger partial charge in [-0.15, -0.1) is 10.2 Å². The van der Waals surface area contributed by atoms with E-state index in [0.29, 0.717) is 33.8 Å². The first-order valence-corrected chi connectivity index (χ1v) is 10.3. The molecule has 0 atom stereocenters. The van der Waals surface area contributed by atoms with Crippen LogP contribution in [-0.4, -0.2) is 26.4 Å². The Bertz CT molecular complexity index is 1000. The standard InChI is InChI=1S/C18H14Cl3FN4OS/c1-2-26-17(11-5-3-4-6-14(11)22)24-25-18(26)28-9-15(27)23-16-12(20)7-10(19)8-13(16)21/h3-8H,2,9H2,1H3,(H,23,27). The number of carbonyl (C=O) groups excluding carboxylic acids is 1. The summed E-state index contributed by atoms with van der Waals surface area (Å²) in [5, 5.41) is 12.2. The van der Waals surface area contributed by atoms with Crippen LogP contribution in [0.2, 0.25) is 15.1 Å². The molecular formula is C18H14Cl3FN4OS. The van der Waals surface area contributed by atoms with Crippen molar-refractivity contribution in [1.82, 2.24) is 14.8 Å². The Morgan fingerprint density at radius 3 is 2.50 bits per heavy atom. The number of nitrogens with one attached hydrogen (secondary N) is 1. The normalized spacial score (nSPS) is 10.9. The van der Waals surface area contributed by atoms with Crippen LogP contribution in [0.4, 0.5) is 10.1 Å². The highest BCUT2D eigenvalue weighted by Crippen LogP contribution is 2.34. The van der Waals surface area contributed by atoms with Crippen molar-refractivity contribution >= 4 is 58.2 Å². The lowest BCUT2D eigenvalue weighted by atomic mass is 10.2. The van der Waals surface area contributed by atoms with E-state index in [-0.39, 0.29) is 27.5 Å². The lowest BCUT2D eigenvalue weighted by molar-refractivity contribution is -0.113. The number of anilines is 1. The molecule has 1 heterocycles. The molecule has 5 nitrogen and oxygen atoms in total. The minimum atomic E-state index is -0.383. The maximum atomic E-state index is 14.1. The summed E-state index contributed by atoms with van der Waals surface area (Å²) in [6, 6.07) is 9.32. The number of nitrogens with zero attached hydrogens (tertiary/aromatic N) is 3. The highest BCUT2D eigenvalue weighted by Gasteiger charge is 2.18. The van der Waals surface area contributed by atoms with E-state index in [2.05, 4.69) is 15.5 Å². The number of thioether (sulfide) groups is 1. The van der Waals surface area contributed by atoms with Gasteiger partial charge < -0.3 is 9.88 Å². The molecule has 0 fully saturated rings. The average Bonchev–Trinajstić information content (AvgIpc) is 3.06. The number of hydrogen-bond donors (Lipinski definition) is 1. The van der Waals surface area contributed by atoms with Gasteiger partial charge >= 0.3 is 0 Å². The Morgan fingerprint density at radius 2 is 1.86 bits per heavy atom. The molecule has 0 unspecified atom stereocenters. The van der Waals surface area contributed by atoms with E-state index >= 15 is 0 Å². The largest absolute Gasteiger partial charge is 0.323 e. The number of amides is 1. The Hall–Kier alpha value is -1.80. The predicted octanol–water partition coefficient (Wildman–Crippen LogP) is 5.80. The zero-order valence-electron chi connectivity index (χ0n) is 14.5. The number of rotatable bonds is 6. The van der Waals surface area contributed by atoms with Gasteiger partial charge in [0.1, 0.15) is 5.82 Å². The van der Waals surface area contributed by atoms with E-state index in [1.54, 1.807) is 22.8 Å². The molecule has 146 valence electrons. The predicted molar refractivity (Wildman–Crippen MR) is 112 cm³/mol. The fourth-order valence-corrected chi connectivity index (χ4v) is 4.20. The van der Waals surface area contributed by atoms with E-state index in [1.165, 1.54) is 30.0 Å². The van der Waals surface area contributed by atoms with Crippen molar-refractivity contribution in [1.29, 1.82) is 0 Å². The second kappa shape index (κ2) is 9.13. The summed E-state index contributed by atoms with van der Waals surface area (Å²) in [5.74, 6) is -0.252. The third-order valence-corrected chi connectivity index (χ3v) is 5.53. The van der Waals surface area contributed by atoms with Crippen LogP contribution in [0, 0.1) is 5.82 Å². The summed E-state index contributed by atoms with van der Waals surface area (Å²) in [6.45, 7) is 2.42. The van der Waals surface area contributed by atoms with Gasteiger partial charge in [0.05, 0.1) is 27.0 Å². The molecule has 0 saturated heterocycles. The van der Waals surface area contributed by atoms with Gasteiger partial charge in [-0.25, -0.2) is 4.39 Å². The van der Waals surface area contributed by atoms with Gasteiger partial charge in [0.2, 0.25) is 5.91 Å². The lowest BCUT2D eigenvalue weighted by Crippen LogP contribution is -2.15. The van der Waals surface area contributed by atoms with Crippen molar-refractivity contribution in [2.24, 2.45) is 0 Å². The maximum Gasteiger partial charge on any atom is 0.234 e. The van der Waals surface area contributed by atoms with Crippen molar-refractivity contribution < 1.29 is 9.18 Å². The van der Waals surface area contributed by atoms with Gasteiger partial charge in [0.15, 0.2) is 11.0 Å². The summed E-state index contributed by atoms with van der Waals surface area (Å²) in [5.41, 5.74) is 0.648. The van der Waals surface area contributed by atoms with Gasteiger partial charge in [0, 0.05) is 11.6 Å².